The predicted octanol–water partition coefficient (Wildman–Crippen LogP) is 5.00. The molecule has 6 nitrogen and oxygen atoms in total. The van der Waals surface area contributed by atoms with Crippen LogP contribution in [0.15, 0.2) is 66.9 Å². The molecule has 2 aromatic carbocycles. The average Bonchev–Trinajstić information content (AvgIpc) is 2.67. The Balaban J connectivity index is 1.70. The molecule has 8 heteroatoms. The molecule has 1 aromatic heterocycles. The zero-order valence-electron chi connectivity index (χ0n) is 14.7. The third-order valence-electron chi connectivity index (χ3n) is 4.60. The zero-order chi connectivity index (χ0) is 19.7. The van der Waals surface area contributed by atoms with E-state index in [1.54, 1.807) is 12.1 Å². The van der Waals surface area contributed by atoms with E-state index in [1.807, 2.05) is 53.4 Å². The Kier molecular flexibility index (Phi) is 4.97. The van der Waals surface area contributed by atoms with Gasteiger partial charge in [-0.25, -0.2) is 0 Å². The van der Waals surface area contributed by atoms with Gasteiger partial charge in [-0.1, -0.05) is 35.9 Å². The fourth-order valence-corrected chi connectivity index (χ4v) is 4.52. The molecule has 1 N–H and O–H groups in total. The van der Waals surface area contributed by atoms with Gasteiger partial charge in [0, 0.05) is 12.7 Å². The van der Waals surface area contributed by atoms with Crippen molar-refractivity contribution >= 4 is 33.1 Å². The maximum absolute atomic E-state index is 12.1. The number of benzene rings is 2. The number of hydrogen-bond donors (Lipinski definition) is 1. The number of para-hydroxylation sites is 4. The Hall–Kier alpha value is -2.61. The largest absolute Gasteiger partial charge is 0.453 e. The van der Waals surface area contributed by atoms with Crippen molar-refractivity contribution in [3.05, 3.63) is 77.6 Å². The molecule has 1 aliphatic rings. The molecule has 0 bridgehead atoms. The normalized spacial score (nSPS) is 14.0. The van der Waals surface area contributed by atoms with Gasteiger partial charge in [-0.3, -0.25) is 9.54 Å². The predicted molar refractivity (Wildman–Crippen MR) is 108 cm³/mol. The Labute approximate surface area is 168 Å². The van der Waals surface area contributed by atoms with Gasteiger partial charge in [0.05, 0.1) is 22.1 Å². The van der Waals surface area contributed by atoms with Crippen LogP contribution in [0.25, 0.3) is 0 Å². The van der Waals surface area contributed by atoms with E-state index < -0.39 is 15.4 Å². The quantitative estimate of drug-likeness (QED) is 0.589. The molecule has 144 valence electrons. The number of rotatable bonds is 5. The van der Waals surface area contributed by atoms with Crippen molar-refractivity contribution in [1.29, 1.82) is 0 Å². The summed E-state index contributed by atoms with van der Waals surface area (Å²) >= 11 is 6.14. The highest BCUT2D eigenvalue weighted by Gasteiger charge is 2.31. The Morgan fingerprint density at radius 1 is 1.00 bits per heavy atom. The number of fused-ring (bicyclic) bond motifs is 2. The van der Waals surface area contributed by atoms with Crippen LogP contribution in [0, 0.1) is 0 Å². The zero-order valence-corrected chi connectivity index (χ0v) is 16.3. The van der Waals surface area contributed by atoms with E-state index in [-0.39, 0.29) is 17.1 Å². The molecule has 0 spiro atoms. The number of aromatic nitrogens is 1. The monoisotopic (exact) mass is 416 g/mol. The van der Waals surface area contributed by atoms with Crippen LogP contribution in [0.5, 0.6) is 11.5 Å². The van der Waals surface area contributed by atoms with Crippen LogP contribution in [0.3, 0.4) is 0 Å². The summed E-state index contributed by atoms with van der Waals surface area (Å²) in [7, 11) is -4.40. The van der Waals surface area contributed by atoms with E-state index in [4.69, 9.17) is 16.3 Å². The number of ether oxygens (including phenoxy) is 1. The van der Waals surface area contributed by atoms with Gasteiger partial charge in [0.25, 0.3) is 10.1 Å². The van der Waals surface area contributed by atoms with Crippen molar-refractivity contribution in [1.82, 2.24) is 4.98 Å². The van der Waals surface area contributed by atoms with Gasteiger partial charge in [0.1, 0.15) is 5.25 Å². The van der Waals surface area contributed by atoms with E-state index in [0.717, 1.165) is 11.4 Å². The number of nitrogens with zero attached hydrogens (tertiary/aromatic N) is 2. The highest BCUT2D eigenvalue weighted by atomic mass is 35.5. The molecule has 0 radical (unpaired) electrons. The molecule has 0 amide bonds. The maximum Gasteiger partial charge on any atom is 0.273 e. The summed E-state index contributed by atoms with van der Waals surface area (Å²) in [5.41, 5.74) is 1.78. The van der Waals surface area contributed by atoms with Gasteiger partial charge in [0.15, 0.2) is 11.5 Å². The molecule has 4 rings (SSSR count). The summed E-state index contributed by atoms with van der Waals surface area (Å²) in [6.45, 7) is 0.314. The van der Waals surface area contributed by atoms with E-state index in [0.29, 0.717) is 18.0 Å². The first kappa shape index (κ1) is 18.7. The number of anilines is 2. The molecule has 2 heterocycles. The lowest BCUT2D eigenvalue weighted by Gasteiger charge is -2.33. The van der Waals surface area contributed by atoms with Crippen molar-refractivity contribution in [2.24, 2.45) is 0 Å². The van der Waals surface area contributed by atoms with Crippen LogP contribution in [0.4, 0.5) is 11.4 Å². The van der Waals surface area contributed by atoms with E-state index >= 15 is 0 Å². The minimum atomic E-state index is -4.40. The Morgan fingerprint density at radius 2 is 1.61 bits per heavy atom. The van der Waals surface area contributed by atoms with Gasteiger partial charge in [-0.2, -0.15) is 8.42 Å². The molecular weight excluding hydrogens is 400 g/mol. The van der Waals surface area contributed by atoms with Crippen molar-refractivity contribution in [2.45, 2.75) is 11.7 Å². The number of hydrogen-bond acceptors (Lipinski definition) is 5. The highest BCUT2D eigenvalue weighted by Crippen LogP contribution is 2.46. The van der Waals surface area contributed by atoms with Crippen LogP contribution in [0.2, 0.25) is 5.02 Å². The van der Waals surface area contributed by atoms with Crippen molar-refractivity contribution in [2.75, 3.05) is 11.4 Å². The summed E-state index contributed by atoms with van der Waals surface area (Å²) in [6, 6.07) is 18.2. The molecule has 1 atom stereocenters. The van der Waals surface area contributed by atoms with Crippen LogP contribution >= 0.6 is 11.6 Å². The topological polar surface area (TPSA) is 79.7 Å². The lowest BCUT2D eigenvalue weighted by Crippen LogP contribution is -2.26. The second kappa shape index (κ2) is 7.43. The minimum Gasteiger partial charge on any atom is -0.453 e. The lowest BCUT2D eigenvalue weighted by atomic mass is 10.1. The Morgan fingerprint density at radius 3 is 2.18 bits per heavy atom. The first-order valence-corrected chi connectivity index (χ1v) is 10.5. The Bertz CT molecular complexity index is 1070. The fourth-order valence-electron chi connectivity index (χ4n) is 3.33. The SMILES string of the molecule is O=S(=O)(O)C(CCN1c2ccccc2Oc2ccccc21)c1ncccc1Cl. The fraction of sp³-hybridized carbons (Fsp3) is 0.150. The number of halogens is 1. The molecule has 3 aromatic rings. The van der Waals surface area contributed by atoms with Crippen LogP contribution in [-0.2, 0) is 10.1 Å². The van der Waals surface area contributed by atoms with Gasteiger partial charge < -0.3 is 9.64 Å². The van der Waals surface area contributed by atoms with E-state index in [9.17, 15) is 13.0 Å². The third-order valence-corrected chi connectivity index (χ3v) is 6.10. The van der Waals surface area contributed by atoms with E-state index in [1.165, 1.54) is 6.20 Å². The minimum absolute atomic E-state index is 0.0955. The molecule has 0 fully saturated rings. The second-order valence-corrected chi connectivity index (χ2v) is 8.36. The summed E-state index contributed by atoms with van der Waals surface area (Å²) in [6.07, 6.45) is 1.55. The summed E-state index contributed by atoms with van der Waals surface area (Å²) in [5.74, 6) is 1.36. The molecule has 1 aliphatic heterocycles. The maximum atomic E-state index is 12.1. The summed E-state index contributed by atoms with van der Waals surface area (Å²) in [4.78, 5) is 6.06. The lowest BCUT2D eigenvalue weighted by molar-refractivity contribution is 0.460. The molecule has 0 saturated carbocycles. The summed E-state index contributed by atoms with van der Waals surface area (Å²) < 4.78 is 39.9. The molecular formula is C20H17ClN2O4S. The van der Waals surface area contributed by atoms with E-state index in [2.05, 4.69) is 4.98 Å². The van der Waals surface area contributed by atoms with Crippen molar-refractivity contribution in [3.8, 4) is 11.5 Å². The van der Waals surface area contributed by atoms with Crippen molar-refractivity contribution < 1.29 is 17.7 Å². The molecule has 0 saturated heterocycles. The average molecular weight is 417 g/mol. The standard InChI is InChI=1S/C20H17ClN2O4S/c21-14-6-5-12-22-20(14)19(28(24,25)26)11-13-23-15-7-1-3-9-17(15)27-18-10-4-2-8-16(18)23/h1-10,12,19H,11,13H2,(H,24,25,26). The highest BCUT2D eigenvalue weighted by molar-refractivity contribution is 7.86. The third kappa shape index (κ3) is 3.56. The molecule has 28 heavy (non-hydrogen) atoms. The molecule has 0 aliphatic carbocycles. The molecule has 1 unspecified atom stereocenters. The van der Waals surface area contributed by atoms with Crippen LogP contribution in [0.1, 0.15) is 17.4 Å². The van der Waals surface area contributed by atoms with Gasteiger partial charge in [-0.05, 0) is 42.8 Å². The van der Waals surface area contributed by atoms with Gasteiger partial charge >= 0.3 is 0 Å². The summed E-state index contributed by atoms with van der Waals surface area (Å²) in [5, 5.41) is -1.03. The second-order valence-electron chi connectivity index (χ2n) is 6.35. The van der Waals surface area contributed by atoms with Crippen LogP contribution < -0.4 is 9.64 Å². The van der Waals surface area contributed by atoms with Gasteiger partial charge in [0.2, 0.25) is 0 Å². The van der Waals surface area contributed by atoms with Gasteiger partial charge in [-0.15, -0.1) is 0 Å². The first-order valence-electron chi connectivity index (χ1n) is 8.65. The van der Waals surface area contributed by atoms with Crippen molar-refractivity contribution in [3.63, 3.8) is 0 Å². The number of pyridine rings is 1. The smallest absolute Gasteiger partial charge is 0.273 e. The van der Waals surface area contributed by atoms with Crippen LogP contribution in [-0.4, -0.2) is 24.5 Å². The first-order chi connectivity index (χ1) is 13.4.